The Hall–Kier alpha value is -2.58. The molecule has 9 nitrogen and oxygen atoms in total. The highest BCUT2D eigenvalue weighted by atomic mass is 16.2. The third-order valence-corrected chi connectivity index (χ3v) is 2.86. The lowest BCUT2D eigenvalue weighted by Crippen LogP contribution is -2.33. The van der Waals surface area contributed by atoms with Crippen molar-refractivity contribution in [3.8, 4) is 0 Å². The maximum absolute atomic E-state index is 11.7. The fourth-order valence-electron chi connectivity index (χ4n) is 1.74. The number of H-pyrrole nitrogens is 1. The molecule has 0 saturated heterocycles. The van der Waals surface area contributed by atoms with Gasteiger partial charge in [-0.05, 0) is 6.92 Å². The van der Waals surface area contributed by atoms with Crippen molar-refractivity contribution in [1.29, 1.82) is 0 Å². The molecule has 0 amide bonds. The summed E-state index contributed by atoms with van der Waals surface area (Å²) < 4.78 is 2.89. The standard InChI is InChI=1S/C10H15N7O2/c1-5(8-15-12-4-16(8)2)13-6-7(11)17(3)10(19)14-9(6)18/h4-5,13H,11H2,1-3H3,(H,14,18,19). The largest absolute Gasteiger partial charge is 0.383 e. The molecule has 0 aliphatic heterocycles. The van der Waals surface area contributed by atoms with Crippen LogP contribution in [-0.4, -0.2) is 24.3 Å². The van der Waals surface area contributed by atoms with Crippen molar-refractivity contribution in [3.63, 3.8) is 0 Å². The third kappa shape index (κ3) is 2.21. The van der Waals surface area contributed by atoms with Crippen molar-refractivity contribution >= 4 is 11.5 Å². The third-order valence-electron chi connectivity index (χ3n) is 2.86. The van der Waals surface area contributed by atoms with E-state index in [1.807, 2.05) is 6.92 Å². The molecule has 19 heavy (non-hydrogen) atoms. The summed E-state index contributed by atoms with van der Waals surface area (Å²) in [5.41, 5.74) is 4.78. The Morgan fingerprint density at radius 1 is 1.42 bits per heavy atom. The van der Waals surface area contributed by atoms with Crippen LogP contribution in [0.5, 0.6) is 0 Å². The van der Waals surface area contributed by atoms with Gasteiger partial charge in [-0.1, -0.05) is 0 Å². The van der Waals surface area contributed by atoms with Crippen LogP contribution >= 0.6 is 0 Å². The topological polar surface area (TPSA) is 124 Å². The average Bonchev–Trinajstić information content (AvgIpc) is 2.78. The molecule has 0 bridgehead atoms. The first-order valence-corrected chi connectivity index (χ1v) is 5.61. The van der Waals surface area contributed by atoms with Crippen LogP contribution in [0.15, 0.2) is 15.9 Å². The van der Waals surface area contributed by atoms with Crippen LogP contribution in [0.3, 0.4) is 0 Å². The first-order chi connectivity index (χ1) is 8.91. The molecule has 9 heteroatoms. The molecule has 0 spiro atoms. The van der Waals surface area contributed by atoms with Gasteiger partial charge in [0, 0.05) is 14.1 Å². The molecule has 0 fully saturated rings. The van der Waals surface area contributed by atoms with Crippen molar-refractivity contribution < 1.29 is 0 Å². The highest BCUT2D eigenvalue weighted by molar-refractivity contribution is 5.60. The van der Waals surface area contributed by atoms with Crippen LogP contribution < -0.4 is 22.3 Å². The highest BCUT2D eigenvalue weighted by Gasteiger charge is 2.16. The van der Waals surface area contributed by atoms with Crippen LogP contribution in [-0.2, 0) is 14.1 Å². The number of nitrogens with one attached hydrogen (secondary N) is 2. The monoisotopic (exact) mass is 265 g/mol. The van der Waals surface area contributed by atoms with Gasteiger partial charge in [-0.2, -0.15) is 0 Å². The molecule has 2 aromatic heterocycles. The second kappa shape index (κ2) is 4.59. The molecule has 2 aromatic rings. The zero-order valence-corrected chi connectivity index (χ0v) is 10.8. The lowest BCUT2D eigenvalue weighted by atomic mass is 10.3. The Kier molecular flexibility index (Phi) is 3.11. The van der Waals surface area contributed by atoms with E-state index in [-0.39, 0.29) is 17.5 Å². The van der Waals surface area contributed by atoms with Crippen LogP contribution in [0.4, 0.5) is 11.5 Å². The number of nitrogen functional groups attached to an aromatic ring is 1. The van der Waals surface area contributed by atoms with E-state index in [0.29, 0.717) is 5.82 Å². The summed E-state index contributed by atoms with van der Waals surface area (Å²) in [5, 5.41) is 10.6. The van der Waals surface area contributed by atoms with Gasteiger partial charge < -0.3 is 15.6 Å². The number of aromatic nitrogens is 5. The van der Waals surface area contributed by atoms with E-state index in [0.717, 1.165) is 4.57 Å². The molecule has 1 unspecified atom stereocenters. The van der Waals surface area contributed by atoms with E-state index in [2.05, 4.69) is 20.5 Å². The first kappa shape index (κ1) is 12.9. The molecule has 0 aromatic carbocycles. The van der Waals surface area contributed by atoms with Crippen LogP contribution in [0.25, 0.3) is 0 Å². The van der Waals surface area contributed by atoms with E-state index >= 15 is 0 Å². The predicted octanol–water partition coefficient (Wildman–Crippen LogP) is -1.04. The van der Waals surface area contributed by atoms with E-state index in [1.165, 1.54) is 7.05 Å². The van der Waals surface area contributed by atoms with Gasteiger partial charge in [0.25, 0.3) is 5.56 Å². The molecule has 2 rings (SSSR count). The molecular formula is C10H15N7O2. The number of aryl methyl sites for hydroxylation is 1. The first-order valence-electron chi connectivity index (χ1n) is 5.61. The predicted molar refractivity (Wildman–Crippen MR) is 69.8 cm³/mol. The normalized spacial score (nSPS) is 12.4. The van der Waals surface area contributed by atoms with Crippen molar-refractivity contribution in [3.05, 3.63) is 33.0 Å². The molecule has 102 valence electrons. The average molecular weight is 265 g/mol. The Morgan fingerprint density at radius 2 is 2.11 bits per heavy atom. The lowest BCUT2D eigenvalue weighted by Gasteiger charge is -2.16. The summed E-state index contributed by atoms with van der Waals surface area (Å²) in [4.78, 5) is 25.3. The number of aromatic amines is 1. The molecule has 4 N–H and O–H groups in total. The van der Waals surface area contributed by atoms with Gasteiger partial charge >= 0.3 is 5.69 Å². The lowest BCUT2D eigenvalue weighted by molar-refractivity contribution is 0.714. The van der Waals surface area contributed by atoms with Gasteiger partial charge in [-0.15, -0.1) is 10.2 Å². The van der Waals surface area contributed by atoms with Gasteiger partial charge in [0.2, 0.25) is 0 Å². The maximum atomic E-state index is 11.7. The van der Waals surface area contributed by atoms with E-state index in [9.17, 15) is 9.59 Å². The number of hydrogen-bond donors (Lipinski definition) is 3. The number of rotatable bonds is 3. The van der Waals surface area contributed by atoms with Gasteiger partial charge in [0.1, 0.15) is 17.8 Å². The minimum Gasteiger partial charge on any atom is -0.383 e. The number of hydrogen-bond acceptors (Lipinski definition) is 6. The van der Waals surface area contributed by atoms with Crippen molar-refractivity contribution in [1.82, 2.24) is 24.3 Å². The summed E-state index contributed by atoms with van der Waals surface area (Å²) in [7, 11) is 3.27. The zero-order chi connectivity index (χ0) is 14.2. The molecule has 0 aliphatic rings. The number of anilines is 2. The summed E-state index contributed by atoms with van der Waals surface area (Å²) in [6.45, 7) is 1.81. The molecule has 1 atom stereocenters. The molecule has 0 radical (unpaired) electrons. The van der Waals surface area contributed by atoms with E-state index in [1.54, 1.807) is 17.9 Å². The minimum atomic E-state index is -0.561. The smallest absolute Gasteiger partial charge is 0.329 e. The van der Waals surface area contributed by atoms with Crippen LogP contribution in [0, 0.1) is 0 Å². The minimum absolute atomic E-state index is 0.0720. The maximum Gasteiger partial charge on any atom is 0.329 e. The number of nitrogens with zero attached hydrogens (tertiary/aromatic N) is 4. The van der Waals surface area contributed by atoms with Crippen LogP contribution in [0.2, 0.25) is 0 Å². The number of nitrogens with two attached hydrogens (primary N) is 1. The van der Waals surface area contributed by atoms with Gasteiger partial charge in [-0.25, -0.2) is 4.79 Å². The second-order valence-corrected chi connectivity index (χ2v) is 4.24. The summed E-state index contributed by atoms with van der Waals surface area (Å²) in [5.74, 6) is 0.718. The summed E-state index contributed by atoms with van der Waals surface area (Å²) >= 11 is 0. The van der Waals surface area contributed by atoms with Crippen molar-refractivity contribution in [2.24, 2.45) is 14.1 Å². The van der Waals surface area contributed by atoms with Gasteiger partial charge in [-0.3, -0.25) is 14.3 Å². The Bertz CT molecular complexity index is 711. The Labute approximate surface area is 108 Å². The quantitative estimate of drug-likeness (QED) is 0.651. The van der Waals surface area contributed by atoms with Crippen LogP contribution in [0.1, 0.15) is 18.8 Å². The Morgan fingerprint density at radius 3 is 2.68 bits per heavy atom. The van der Waals surface area contributed by atoms with Crippen molar-refractivity contribution in [2.75, 3.05) is 11.1 Å². The molecule has 2 heterocycles. The summed E-state index contributed by atoms with van der Waals surface area (Å²) in [6.07, 6.45) is 1.56. The van der Waals surface area contributed by atoms with E-state index in [4.69, 9.17) is 5.73 Å². The Balaban J connectivity index is 2.40. The fourth-order valence-corrected chi connectivity index (χ4v) is 1.74. The van der Waals surface area contributed by atoms with Gasteiger partial charge in [0.15, 0.2) is 5.82 Å². The fraction of sp³-hybridized carbons (Fsp3) is 0.400. The zero-order valence-electron chi connectivity index (χ0n) is 10.8. The summed E-state index contributed by atoms with van der Waals surface area (Å²) in [6, 6.07) is -0.284. The molecular weight excluding hydrogens is 250 g/mol. The molecule has 0 aliphatic carbocycles. The second-order valence-electron chi connectivity index (χ2n) is 4.24. The SMILES string of the molecule is CC(Nc1c(N)n(C)c(=O)[nH]c1=O)c1nncn1C. The van der Waals surface area contributed by atoms with Crippen molar-refractivity contribution in [2.45, 2.75) is 13.0 Å². The molecule has 0 saturated carbocycles. The van der Waals surface area contributed by atoms with E-state index < -0.39 is 11.2 Å². The van der Waals surface area contributed by atoms with Gasteiger partial charge in [0.05, 0.1) is 6.04 Å². The highest BCUT2D eigenvalue weighted by Crippen LogP contribution is 2.17.